The molecule has 2 rings (SSSR count). The number of hydrogen-bond donors (Lipinski definition) is 0. The van der Waals surface area contributed by atoms with Crippen molar-refractivity contribution in [2.75, 3.05) is 13.2 Å². The van der Waals surface area contributed by atoms with Crippen LogP contribution in [-0.4, -0.2) is 19.2 Å². The van der Waals surface area contributed by atoms with Gasteiger partial charge in [-0.1, -0.05) is 45.0 Å². The summed E-state index contributed by atoms with van der Waals surface area (Å²) in [7, 11) is 0. The van der Waals surface area contributed by atoms with Crippen molar-refractivity contribution < 1.29 is 19.0 Å². The lowest BCUT2D eigenvalue weighted by Crippen LogP contribution is -2.18. The number of benzene rings is 2. The van der Waals surface area contributed by atoms with E-state index in [-0.39, 0.29) is 12.0 Å². The zero-order valence-electron chi connectivity index (χ0n) is 14.7. The Bertz CT molecular complexity index is 669. The van der Waals surface area contributed by atoms with E-state index in [1.807, 2.05) is 37.3 Å². The van der Waals surface area contributed by atoms with Crippen LogP contribution in [0.3, 0.4) is 0 Å². The SMILES string of the molecule is CCOc1ccccc1OC(=O)COc1ccc(C(C)(C)C)cc1. The molecular formula is C20H24O4. The van der Waals surface area contributed by atoms with E-state index in [0.717, 1.165) is 0 Å². The molecule has 2 aromatic rings. The number of esters is 1. The Hall–Kier alpha value is -2.49. The van der Waals surface area contributed by atoms with Crippen LogP contribution in [0.25, 0.3) is 0 Å². The predicted molar refractivity (Wildman–Crippen MR) is 93.9 cm³/mol. The predicted octanol–water partition coefficient (Wildman–Crippen LogP) is 4.37. The van der Waals surface area contributed by atoms with Crippen LogP contribution in [-0.2, 0) is 10.2 Å². The van der Waals surface area contributed by atoms with Crippen LogP contribution < -0.4 is 14.2 Å². The summed E-state index contributed by atoms with van der Waals surface area (Å²) in [5, 5.41) is 0. The molecule has 4 heteroatoms. The molecule has 0 aliphatic heterocycles. The summed E-state index contributed by atoms with van der Waals surface area (Å²) in [5.41, 5.74) is 1.29. The minimum Gasteiger partial charge on any atom is -0.490 e. The van der Waals surface area contributed by atoms with Gasteiger partial charge in [-0.05, 0) is 42.2 Å². The summed E-state index contributed by atoms with van der Waals surface area (Å²) in [4.78, 5) is 12.0. The van der Waals surface area contributed by atoms with Gasteiger partial charge in [-0.3, -0.25) is 0 Å². The van der Waals surface area contributed by atoms with Crippen molar-refractivity contribution in [1.29, 1.82) is 0 Å². The number of carbonyl (C=O) groups is 1. The highest BCUT2D eigenvalue weighted by Gasteiger charge is 2.14. The normalized spacial score (nSPS) is 11.0. The van der Waals surface area contributed by atoms with Gasteiger partial charge in [-0.15, -0.1) is 0 Å². The molecule has 0 amide bonds. The fourth-order valence-corrected chi connectivity index (χ4v) is 2.15. The quantitative estimate of drug-likeness (QED) is 0.583. The maximum absolute atomic E-state index is 12.0. The Labute approximate surface area is 143 Å². The summed E-state index contributed by atoms with van der Waals surface area (Å²) >= 11 is 0. The van der Waals surface area contributed by atoms with Gasteiger partial charge in [0.1, 0.15) is 5.75 Å². The van der Waals surface area contributed by atoms with Gasteiger partial charge in [0, 0.05) is 0 Å². The summed E-state index contributed by atoms with van der Waals surface area (Å²) in [6, 6.07) is 14.8. The molecule has 0 unspecified atom stereocenters. The maximum atomic E-state index is 12.0. The average molecular weight is 328 g/mol. The largest absolute Gasteiger partial charge is 0.490 e. The summed E-state index contributed by atoms with van der Waals surface area (Å²) in [5.74, 6) is 1.11. The van der Waals surface area contributed by atoms with Gasteiger partial charge in [0.2, 0.25) is 0 Å². The number of ether oxygens (including phenoxy) is 3. The average Bonchev–Trinajstić information content (AvgIpc) is 2.55. The molecular weight excluding hydrogens is 304 g/mol. The van der Waals surface area contributed by atoms with Crippen LogP contribution in [0.1, 0.15) is 33.3 Å². The van der Waals surface area contributed by atoms with Crippen molar-refractivity contribution in [2.24, 2.45) is 0 Å². The third-order valence-corrected chi connectivity index (χ3v) is 3.45. The van der Waals surface area contributed by atoms with Crippen molar-refractivity contribution >= 4 is 5.97 Å². The number of para-hydroxylation sites is 2. The second kappa shape index (κ2) is 7.86. The van der Waals surface area contributed by atoms with Gasteiger partial charge < -0.3 is 14.2 Å². The highest BCUT2D eigenvalue weighted by Crippen LogP contribution is 2.27. The number of hydrogen-bond acceptors (Lipinski definition) is 4. The summed E-state index contributed by atoms with van der Waals surface area (Å²) in [6.07, 6.45) is 0. The van der Waals surface area contributed by atoms with E-state index in [2.05, 4.69) is 20.8 Å². The van der Waals surface area contributed by atoms with Gasteiger partial charge >= 0.3 is 5.97 Å². The van der Waals surface area contributed by atoms with E-state index in [9.17, 15) is 4.79 Å². The van der Waals surface area contributed by atoms with E-state index in [1.165, 1.54) is 5.56 Å². The van der Waals surface area contributed by atoms with Crippen molar-refractivity contribution in [2.45, 2.75) is 33.1 Å². The molecule has 0 fully saturated rings. The maximum Gasteiger partial charge on any atom is 0.349 e. The Morgan fingerprint density at radius 1 is 0.917 bits per heavy atom. The third kappa shape index (κ3) is 5.01. The first kappa shape index (κ1) is 17.9. The van der Waals surface area contributed by atoms with E-state index in [0.29, 0.717) is 23.9 Å². The molecule has 0 spiro atoms. The van der Waals surface area contributed by atoms with Gasteiger partial charge in [0.15, 0.2) is 18.1 Å². The zero-order chi connectivity index (χ0) is 17.6. The van der Waals surface area contributed by atoms with Gasteiger partial charge in [-0.25, -0.2) is 4.79 Å². The molecule has 0 saturated heterocycles. The first-order valence-electron chi connectivity index (χ1n) is 8.06. The Balaban J connectivity index is 1.92. The van der Waals surface area contributed by atoms with Crippen LogP contribution in [0.5, 0.6) is 17.2 Å². The van der Waals surface area contributed by atoms with Crippen LogP contribution >= 0.6 is 0 Å². The molecule has 0 aromatic heterocycles. The van der Waals surface area contributed by atoms with E-state index < -0.39 is 5.97 Å². The van der Waals surface area contributed by atoms with E-state index in [1.54, 1.807) is 18.2 Å². The molecule has 0 heterocycles. The fourth-order valence-electron chi connectivity index (χ4n) is 2.15. The lowest BCUT2D eigenvalue weighted by molar-refractivity contribution is -0.136. The molecule has 24 heavy (non-hydrogen) atoms. The van der Waals surface area contributed by atoms with Crippen molar-refractivity contribution in [3.63, 3.8) is 0 Å². The van der Waals surface area contributed by atoms with Crippen LogP contribution in [0.4, 0.5) is 0 Å². The molecule has 0 aliphatic carbocycles. The zero-order valence-corrected chi connectivity index (χ0v) is 14.7. The van der Waals surface area contributed by atoms with Crippen LogP contribution in [0.2, 0.25) is 0 Å². The molecule has 128 valence electrons. The van der Waals surface area contributed by atoms with Crippen LogP contribution in [0.15, 0.2) is 48.5 Å². The third-order valence-electron chi connectivity index (χ3n) is 3.45. The van der Waals surface area contributed by atoms with Crippen molar-refractivity contribution in [1.82, 2.24) is 0 Å². The Morgan fingerprint density at radius 2 is 1.54 bits per heavy atom. The van der Waals surface area contributed by atoms with Crippen molar-refractivity contribution in [3.8, 4) is 17.2 Å². The monoisotopic (exact) mass is 328 g/mol. The summed E-state index contributed by atoms with van der Waals surface area (Å²) in [6.45, 7) is 8.67. The number of rotatable bonds is 6. The molecule has 0 atom stereocenters. The lowest BCUT2D eigenvalue weighted by Gasteiger charge is -2.19. The van der Waals surface area contributed by atoms with Gasteiger partial charge in [0.05, 0.1) is 6.61 Å². The van der Waals surface area contributed by atoms with E-state index >= 15 is 0 Å². The minimum absolute atomic E-state index is 0.0838. The minimum atomic E-state index is -0.470. The molecule has 0 saturated carbocycles. The number of carbonyl (C=O) groups excluding carboxylic acids is 1. The van der Waals surface area contributed by atoms with Gasteiger partial charge in [0.25, 0.3) is 0 Å². The molecule has 0 bridgehead atoms. The standard InChI is InChI=1S/C20H24O4/c1-5-22-17-8-6-7-9-18(17)24-19(21)14-23-16-12-10-15(11-13-16)20(2,3)4/h6-13H,5,14H2,1-4H3. The van der Waals surface area contributed by atoms with Crippen LogP contribution in [0, 0.1) is 0 Å². The lowest BCUT2D eigenvalue weighted by atomic mass is 9.87. The molecule has 4 nitrogen and oxygen atoms in total. The second-order valence-corrected chi connectivity index (χ2v) is 6.42. The molecule has 2 aromatic carbocycles. The highest BCUT2D eigenvalue weighted by molar-refractivity contribution is 5.74. The second-order valence-electron chi connectivity index (χ2n) is 6.42. The van der Waals surface area contributed by atoms with Gasteiger partial charge in [-0.2, -0.15) is 0 Å². The fraction of sp³-hybridized carbons (Fsp3) is 0.350. The molecule has 0 radical (unpaired) electrons. The Kier molecular flexibility index (Phi) is 5.85. The first-order chi connectivity index (χ1) is 11.4. The topological polar surface area (TPSA) is 44.8 Å². The Morgan fingerprint density at radius 3 is 2.12 bits per heavy atom. The molecule has 0 aliphatic rings. The van der Waals surface area contributed by atoms with E-state index in [4.69, 9.17) is 14.2 Å². The smallest absolute Gasteiger partial charge is 0.349 e. The summed E-state index contributed by atoms with van der Waals surface area (Å²) < 4.78 is 16.2. The highest BCUT2D eigenvalue weighted by atomic mass is 16.6. The first-order valence-corrected chi connectivity index (χ1v) is 8.06. The molecule has 0 N–H and O–H groups in total. The van der Waals surface area contributed by atoms with Crippen molar-refractivity contribution in [3.05, 3.63) is 54.1 Å².